The van der Waals surface area contributed by atoms with E-state index in [-0.39, 0.29) is 0 Å². The molecule has 0 spiro atoms. The molecule has 6 heteroatoms. The fourth-order valence-corrected chi connectivity index (χ4v) is 2.72. The Hall–Kier alpha value is -1.69. The van der Waals surface area contributed by atoms with Crippen LogP contribution in [0.5, 0.6) is 0 Å². The SMILES string of the molecule is CCCN(CCC)c1nncc(Nc2ccc(Br)cc2C)n1. The molecule has 0 aliphatic carbocycles. The Balaban J connectivity index is 2.20. The minimum Gasteiger partial charge on any atom is -0.339 e. The molecule has 0 aliphatic heterocycles. The molecule has 1 aromatic carbocycles. The van der Waals surface area contributed by atoms with Crippen LogP contribution in [0.25, 0.3) is 0 Å². The standard InChI is InChI=1S/C16H22BrN5/c1-4-8-22(9-5-2)16-20-15(11-18-21-16)19-14-7-6-13(17)10-12(14)3/h6-7,10-11H,4-5,8-9H2,1-3H3,(H,19,20,21). The quantitative estimate of drug-likeness (QED) is 0.793. The second kappa shape index (κ2) is 8.08. The lowest BCUT2D eigenvalue weighted by atomic mass is 10.2. The predicted molar refractivity (Wildman–Crippen MR) is 94.8 cm³/mol. The summed E-state index contributed by atoms with van der Waals surface area (Å²) in [6, 6.07) is 6.10. The van der Waals surface area contributed by atoms with Gasteiger partial charge in [-0.3, -0.25) is 0 Å². The van der Waals surface area contributed by atoms with Gasteiger partial charge in [0.2, 0.25) is 5.95 Å². The first-order chi connectivity index (χ1) is 10.6. The van der Waals surface area contributed by atoms with Crippen LogP contribution in [0.3, 0.4) is 0 Å². The Bertz CT molecular complexity index is 611. The third kappa shape index (κ3) is 4.40. The molecular formula is C16H22BrN5. The van der Waals surface area contributed by atoms with E-state index in [9.17, 15) is 0 Å². The second-order valence-corrected chi connectivity index (χ2v) is 6.13. The van der Waals surface area contributed by atoms with E-state index in [1.54, 1.807) is 6.20 Å². The van der Waals surface area contributed by atoms with E-state index in [0.29, 0.717) is 11.8 Å². The molecule has 0 saturated carbocycles. The maximum atomic E-state index is 4.60. The minimum atomic E-state index is 0.684. The van der Waals surface area contributed by atoms with Gasteiger partial charge in [-0.05, 0) is 43.5 Å². The van der Waals surface area contributed by atoms with Gasteiger partial charge in [0.1, 0.15) is 0 Å². The Labute approximate surface area is 140 Å². The molecule has 2 rings (SSSR count). The fourth-order valence-electron chi connectivity index (χ4n) is 2.25. The molecule has 118 valence electrons. The van der Waals surface area contributed by atoms with Crippen molar-refractivity contribution < 1.29 is 0 Å². The van der Waals surface area contributed by atoms with Crippen molar-refractivity contribution in [2.75, 3.05) is 23.3 Å². The van der Waals surface area contributed by atoms with E-state index in [1.807, 2.05) is 12.1 Å². The highest BCUT2D eigenvalue weighted by Gasteiger charge is 2.10. The first-order valence-corrected chi connectivity index (χ1v) is 8.41. The van der Waals surface area contributed by atoms with Crippen LogP contribution in [-0.4, -0.2) is 28.3 Å². The number of hydrogen-bond donors (Lipinski definition) is 1. The summed E-state index contributed by atoms with van der Waals surface area (Å²) in [7, 11) is 0. The van der Waals surface area contributed by atoms with Gasteiger partial charge in [0.15, 0.2) is 5.82 Å². The molecule has 0 amide bonds. The number of nitrogens with zero attached hydrogens (tertiary/aromatic N) is 4. The van der Waals surface area contributed by atoms with E-state index in [1.165, 1.54) is 0 Å². The summed E-state index contributed by atoms with van der Waals surface area (Å²) < 4.78 is 1.06. The highest BCUT2D eigenvalue weighted by molar-refractivity contribution is 9.10. The van der Waals surface area contributed by atoms with Gasteiger partial charge in [-0.1, -0.05) is 29.8 Å². The van der Waals surface area contributed by atoms with E-state index in [0.717, 1.165) is 41.7 Å². The van der Waals surface area contributed by atoms with Crippen LogP contribution in [0.4, 0.5) is 17.5 Å². The number of rotatable bonds is 7. The lowest BCUT2D eigenvalue weighted by Crippen LogP contribution is -2.27. The van der Waals surface area contributed by atoms with Crippen molar-refractivity contribution in [3.05, 3.63) is 34.4 Å². The van der Waals surface area contributed by atoms with Crippen LogP contribution in [0.2, 0.25) is 0 Å². The highest BCUT2D eigenvalue weighted by atomic mass is 79.9. The molecule has 0 fully saturated rings. The first kappa shape index (κ1) is 16.7. The largest absolute Gasteiger partial charge is 0.339 e. The molecule has 5 nitrogen and oxygen atoms in total. The van der Waals surface area contributed by atoms with Gasteiger partial charge in [-0.25, -0.2) is 0 Å². The zero-order valence-corrected chi connectivity index (χ0v) is 14.9. The highest BCUT2D eigenvalue weighted by Crippen LogP contribution is 2.23. The number of benzene rings is 1. The molecule has 0 aliphatic rings. The van der Waals surface area contributed by atoms with Gasteiger partial charge < -0.3 is 10.2 Å². The van der Waals surface area contributed by atoms with Gasteiger partial charge in [-0.15, -0.1) is 5.10 Å². The van der Waals surface area contributed by atoms with E-state index >= 15 is 0 Å². The maximum absolute atomic E-state index is 4.60. The van der Waals surface area contributed by atoms with E-state index < -0.39 is 0 Å². The normalized spacial score (nSPS) is 10.5. The Morgan fingerprint density at radius 3 is 2.55 bits per heavy atom. The summed E-state index contributed by atoms with van der Waals surface area (Å²) in [5.41, 5.74) is 2.17. The fraction of sp³-hybridized carbons (Fsp3) is 0.438. The van der Waals surface area contributed by atoms with Gasteiger partial charge in [0, 0.05) is 23.2 Å². The number of aryl methyl sites for hydroxylation is 1. The van der Waals surface area contributed by atoms with Crippen molar-refractivity contribution in [2.45, 2.75) is 33.6 Å². The lowest BCUT2D eigenvalue weighted by Gasteiger charge is -2.21. The van der Waals surface area contributed by atoms with Gasteiger partial charge in [-0.2, -0.15) is 10.1 Å². The van der Waals surface area contributed by atoms with Gasteiger partial charge >= 0.3 is 0 Å². The Kier molecular flexibility index (Phi) is 6.12. The summed E-state index contributed by atoms with van der Waals surface area (Å²) >= 11 is 3.47. The molecule has 2 aromatic rings. The lowest BCUT2D eigenvalue weighted by molar-refractivity contribution is 0.711. The predicted octanol–water partition coefficient (Wildman–Crippen LogP) is 4.31. The summed E-state index contributed by atoms with van der Waals surface area (Å²) in [5, 5.41) is 11.6. The molecule has 1 aromatic heterocycles. The van der Waals surface area contributed by atoms with E-state index in [2.05, 4.69) is 68.2 Å². The minimum absolute atomic E-state index is 0.684. The van der Waals surface area contributed by atoms with Crippen molar-refractivity contribution in [2.24, 2.45) is 0 Å². The first-order valence-electron chi connectivity index (χ1n) is 7.61. The Morgan fingerprint density at radius 1 is 1.18 bits per heavy atom. The van der Waals surface area contributed by atoms with Crippen LogP contribution < -0.4 is 10.2 Å². The third-order valence-corrected chi connectivity index (χ3v) is 3.76. The number of aromatic nitrogens is 3. The smallest absolute Gasteiger partial charge is 0.247 e. The van der Waals surface area contributed by atoms with Crippen LogP contribution >= 0.6 is 15.9 Å². The van der Waals surface area contributed by atoms with Gasteiger partial charge in [0.05, 0.1) is 6.20 Å². The zero-order chi connectivity index (χ0) is 15.9. The molecule has 1 heterocycles. The number of nitrogens with one attached hydrogen (secondary N) is 1. The van der Waals surface area contributed by atoms with Crippen molar-refractivity contribution in [3.63, 3.8) is 0 Å². The Morgan fingerprint density at radius 2 is 1.91 bits per heavy atom. The average molecular weight is 364 g/mol. The molecule has 0 atom stereocenters. The molecule has 0 saturated heterocycles. The van der Waals surface area contributed by atoms with Crippen molar-refractivity contribution in [1.82, 2.24) is 15.2 Å². The molecule has 0 unspecified atom stereocenters. The van der Waals surface area contributed by atoms with Crippen LogP contribution in [0, 0.1) is 6.92 Å². The molecule has 0 bridgehead atoms. The second-order valence-electron chi connectivity index (χ2n) is 5.21. The monoisotopic (exact) mass is 363 g/mol. The number of hydrogen-bond acceptors (Lipinski definition) is 5. The summed E-state index contributed by atoms with van der Waals surface area (Å²) in [5.74, 6) is 1.40. The average Bonchev–Trinajstić information content (AvgIpc) is 2.50. The van der Waals surface area contributed by atoms with Crippen molar-refractivity contribution >= 4 is 33.4 Å². The van der Waals surface area contributed by atoms with Crippen LogP contribution in [-0.2, 0) is 0 Å². The number of anilines is 3. The molecule has 1 N–H and O–H groups in total. The van der Waals surface area contributed by atoms with Crippen LogP contribution in [0.1, 0.15) is 32.3 Å². The van der Waals surface area contributed by atoms with Crippen LogP contribution in [0.15, 0.2) is 28.9 Å². The summed E-state index contributed by atoms with van der Waals surface area (Å²) in [6.45, 7) is 8.25. The molecule has 22 heavy (non-hydrogen) atoms. The molecular weight excluding hydrogens is 342 g/mol. The van der Waals surface area contributed by atoms with E-state index in [4.69, 9.17) is 0 Å². The topological polar surface area (TPSA) is 53.9 Å². The zero-order valence-electron chi connectivity index (χ0n) is 13.3. The summed E-state index contributed by atoms with van der Waals surface area (Å²) in [4.78, 5) is 6.77. The number of halogens is 1. The van der Waals surface area contributed by atoms with Crippen molar-refractivity contribution in [1.29, 1.82) is 0 Å². The van der Waals surface area contributed by atoms with Crippen molar-refractivity contribution in [3.8, 4) is 0 Å². The molecule has 0 radical (unpaired) electrons. The summed E-state index contributed by atoms with van der Waals surface area (Å²) in [6.07, 6.45) is 3.78. The van der Waals surface area contributed by atoms with Gasteiger partial charge in [0.25, 0.3) is 0 Å². The maximum Gasteiger partial charge on any atom is 0.247 e. The third-order valence-electron chi connectivity index (χ3n) is 3.27.